The van der Waals surface area contributed by atoms with Crippen LogP contribution in [-0.4, -0.2) is 59.6 Å². The van der Waals surface area contributed by atoms with E-state index in [1.807, 2.05) is 18.9 Å². The third kappa shape index (κ3) is 4.38. The van der Waals surface area contributed by atoms with Crippen LogP contribution in [0, 0.1) is 17.0 Å². The number of carbonyl (C=O) groups excluding carboxylic acids is 1. The number of rotatable bonds is 5. The van der Waals surface area contributed by atoms with Crippen LogP contribution in [0.4, 0.5) is 11.4 Å². The molecular weight excluding hydrogens is 410 g/mol. The molecule has 4 rings (SSSR count). The molecule has 170 valence electrons. The maximum absolute atomic E-state index is 13.2. The van der Waals surface area contributed by atoms with E-state index in [9.17, 15) is 14.9 Å². The predicted octanol–water partition coefficient (Wildman–Crippen LogP) is 3.81. The predicted molar refractivity (Wildman–Crippen MR) is 122 cm³/mol. The number of hydrogen-bond donors (Lipinski definition) is 1. The Morgan fingerprint density at radius 3 is 2.59 bits per heavy atom. The van der Waals surface area contributed by atoms with Crippen molar-refractivity contribution in [1.29, 1.82) is 0 Å². The van der Waals surface area contributed by atoms with E-state index in [1.165, 1.54) is 12.1 Å². The maximum Gasteiger partial charge on any atom is 0.289 e. The molecule has 0 unspecified atom stereocenters. The van der Waals surface area contributed by atoms with Gasteiger partial charge >= 0.3 is 0 Å². The fraction of sp³-hybridized carbons (Fsp3) is 0.478. The smallest absolute Gasteiger partial charge is 0.289 e. The molecule has 2 aliphatic rings. The van der Waals surface area contributed by atoms with Crippen molar-refractivity contribution in [3.63, 3.8) is 0 Å². The molecule has 9 heteroatoms. The van der Waals surface area contributed by atoms with Crippen LogP contribution in [0.3, 0.4) is 0 Å². The van der Waals surface area contributed by atoms with Gasteiger partial charge in [-0.1, -0.05) is 0 Å². The van der Waals surface area contributed by atoms with Crippen molar-refractivity contribution >= 4 is 23.0 Å². The van der Waals surface area contributed by atoms with Crippen molar-refractivity contribution in [2.45, 2.75) is 45.1 Å². The number of hydrazone groups is 1. The molecule has 2 aromatic rings. The fourth-order valence-corrected chi connectivity index (χ4v) is 4.48. The first-order valence-corrected chi connectivity index (χ1v) is 11.0. The Hall–Kier alpha value is -3.20. The third-order valence-electron chi connectivity index (χ3n) is 6.47. The summed E-state index contributed by atoms with van der Waals surface area (Å²) < 4.78 is 6.07. The molecule has 0 bridgehead atoms. The van der Waals surface area contributed by atoms with Gasteiger partial charge in [0, 0.05) is 42.8 Å². The number of fused-ring (bicyclic) bond motifs is 1. The number of furan rings is 1. The third-order valence-corrected chi connectivity index (χ3v) is 6.47. The second-order valence-corrected chi connectivity index (χ2v) is 8.63. The van der Waals surface area contributed by atoms with Crippen molar-refractivity contribution in [3.8, 4) is 0 Å². The Morgan fingerprint density at radius 1 is 1.25 bits per heavy atom. The quantitative estimate of drug-likeness (QED) is 0.561. The van der Waals surface area contributed by atoms with Gasteiger partial charge in [-0.15, -0.1) is 0 Å². The number of anilines is 1. The molecule has 1 amide bonds. The monoisotopic (exact) mass is 439 g/mol. The number of nitrogens with zero attached hydrogens (tertiary/aromatic N) is 4. The van der Waals surface area contributed by atoms with Gasteiger partial charge in [0.1, 0.15) is 5.76 Å². The molecule has 1 saturated heterocycles. The van der Waals surface area contributed by atoms with Gasteiger partial charge in [0.2, 0.25) is 0 Å². The highest BCUT2D eigenvalue weighted by atomic mass is 16.6. The zero-order valence-corrected chi connectivity index (χ0v) is 18.8. The Kier molecular flexibility index (Phi) is 6.27. The highest BCUT2D eigenvalue weighted by Crippen LogP contribution is 2.31. The van der Waals surface area contributed by atoms with Crippen molar-refractivity contribution < 1.29 is 14.1 Å². The van der Waals surface area contributed by atoms with E-state index in [2.05, 4.69) is 22.5 Å². The number of carbonyl (C=O) groups is 1. The van der Waals surface area contributed by atoms with E-state index in [1.54, 1.807) is 12.1 Å². The van der Waals surface area contributed by atoms with Crippen LogP contribution in [0.25, 0.3) is 0 Å². The summed E-state index contributed by atoms with van der Waals surface area (Å²) in [6.45, 7) is 3.90. The van der Waals surface area contributed by atoms with Gasteiger partial charge in [0.05, 0.1) is 16.3 Å². The number of aryl methyl sites for hydroxylation is 1. The number of likely N-dealkylation sites (tertiary alicyclic amines) is 1. The first kappa shape index (κ1) is 22.0. The first-order valence-electron chi connectivity index (χ1n) is 11.0. The van der Waals surface area contributed by atoms with Gasteiger partial charge in [-0.05, 0) is 64.9 Å². The highest BCUT2D eigenvalue weighted by molar-refractivity contribution is 6.06. The lowest BCUT2D eigenvalue weighted by atomic mass is 9.93. The maximum atomic E-state index is 13.2. The average Bonchev–Trinajstić information content (AvgIpc) is 3.14. The minimum atomic E-state index is -0.431. The lowest BCUT2D eigenvalue weighted by Crippen LogP contribution is -2.44. The normalized spacial score (nSPS) is 18.4. The molecule has 9 nitrogen and oxygen atoms in total. The number of hydrogen-bond acceptors (Lipinski definition) is 7. The molecule has 1 fully saturated rings. The second-order valence-electron chi connectivity index (χ2n) is 8.63. The zero-order chi connectivity index (χ0) is 22.8. The summed E-state index contributed by atoms with van der Waals surface area (Å²) in [5, 5.41) is 15.4. The molecule has 1 aromatic heterocycles. The molecule has 0 radical (unpaired) electrons. The molecule has 32 heavy (non-hydrogen) atoms. The summed E-state index contributed by atoms with van der Waals surface area (Å²) in [6, 6.07) is 6.35. The van der Waals surface area contributed by atoms with Gasteiger partial charge in [0.25, 0.3) is 11.6 Å². The largest absolute Gasteiger partial charge is 0.455 e. The number of nitro benzene ring substituents is 1. The molecule has 1 aliphatic heterocycles. The van der Waals surface area contributed by atoms with Crippen molar-refractivity contribution in [2.75, 3.05) is 32.6 Å². The summed E-state index contributed by atoms with van der Waals surface area (Å²) in [4.78, 5) is 27.8. The molecular formula is C23H29N5O4. The summed E-state index contributed by atoms with van der Waals surface area (Å²) in [5.41, 5.74) is 6.26. The molecule has 1 aliphatic carbocycles. The number of piperidine rings is 1. The fourth-order valence-electron chi connectivity index (χ4n) is 4.48. The molecule has 2 heterocycles. The Balaban J connectivity index is 1.54. The zero-order valence-electron chi connectivity index (χ0n) is 18.8. The van der Waals surface area contributed by atoms with Crippen LogP contribution >= 0.6 is 0 Å². The molecule has 0 saturated carbocycles. The second kappa shape index (κ2) is 9.12. The van der Waals surface area contributed by atoms with Crippen LogP contribution < -0.4 is 5.43 Å². The topological polar surface area (TPSA) is 104 Å². The Labute approximate surface area is 187 Å². The summed E-state index contributed by atoms with van der Waals surface area (Å²) in [6.07, 6.45) is 4.36. The Morgan fingerprint density at radius 2 is 1.94 bits per heavy atom. The number of nitro groups is 1. The van der Waals surface area contributed by atoms with Crippen LogP contribution in [0.5, 0.6) is 0 Å². The molecule has 0 atom stereocenters. The minimum Gasteiger partial charge on any atom is -0.455 e. The number of nitrogens with one attached hydrogen (secondary N) is 1. The van der Waals surface area contributed by atoms with Gasteiger partial charge < -0.3 is 14.2 Å². The van der Waals surface area contributed by atoms with Crippen molar-refractivity contribution in [2.24, 2.45) is 5.10 Å². The van der Waals surface area contributed by atoms with Crippen molar-refractivity contribution in [3.05, 3.63) is 57.0 Å². The van der Waals surface area contributed by atoms with Crippen LogP contribution in [0.15, 0.2) is 33.8 Å². The summed E-state index contributed by atoms with van der Waals surface area (Å²) >= 11 is 0. The highest BCUT2D eigenvalue weighted by Gasteiger charge is 2.32. The van der Waals surface area contributed by atoms with Gasteiger partial charge in [-0.2, -0.15) is 5.10 Å². The van der Waals surface area contributed by atoms with E-state index in [0.717, 1.165) is 67.8 Å². The number of benzene rings is 1. The first-order chi connectivity index (χ1) is 15.3. The van der Waals surface area contributed by atoms with Crippen molar-refractivity contribution in [1.82, 2.24) is 9.80 Å². The van der Waals surface area contributed by atoms with Crippen LogP contribution in [0.2, 0.25) is 0 Å². The van der Waals surface area contributed by atoms with E-state index in [0.29, 0.717) is 11.4 Å². The lowest BCUT2D eigenvalue weighted by Gasteiger charge is -2.34. The van der Waals surface area contributed by atoms with E-state index in [-0.39, 0.29) is 17.6 Å². The summed E-state index contributed by atoms with van der Waals surface area (Å²) in [7, 11) is 3.97. The standard InChI is InChI=1S/C23H29N5O4/c1-15-21-19(25-24-16-7-9-18(10-8-16)28(30)31)5-4-6-20(21)32-22(15)23(29)27(3)17-11-13-26(2)14-12-17/h7-10,17,24H,4-6,11-14H2,1-3H3/b25-19+. The molecule has 0 spiro atoms. The van der Waals surface area contributed by atoms with Gasteiger partial charge in [0.15, 0.2) is 5.76 Å². The molecule has 1 N–H and O–H groups in total. The SMILES string of the molecule is Cc1c(C(=O)N(C)C2CCN(C)CC2)oc2c1/C(=N/Nc1ccc([N+](=O)[O-])cc1)CCC2. The van der Waals surface area contributed by atoms with Crippen LogP contribution in [0.1, 0.15) is 53.1 Å². The van der Waals surface area contributed by atoms with E-state index >= 15 is 0 Å². The number of non-ortho nitro benzene ring substituents is 1. The Bertz CT molecular complexity index is 1040. The van der Waals surface area contributed by atoms with E-state index < -0.39 is 4.92 Å². The molecule has 1 aromatic carbocycles. The number of amides is 1. The lowest BCUT2D eigenvalue weighted by molar-refractivity contribution is -0.384. The summed E-state index contributed by atoms with van der Waals surface area (Å²) in [5.74, 6) is 1.13. The van der Waals surface area contributed by atoms with Crippen LogP contribution in [-0.2, 0) is 6.42 Å². The van der Waals surface area contributed by atoms with Gasteiger partial charge in [-0.25, -0.2) is 0 Å². The average molecular weight is 440 g/mol. The minimum absolute atomic E-state index is 0.0331. The van der Waals surface area contributed by atoms with E-state index in [4.69, 9.17) is 4.42 Å². The van der Waals surface area contributed by atoms with Gasteiger partial charge in [-0.3, -0.25) is 20.3 Å².